The second-order valence-electron chi connectivity index (χ2n) is 6.23. The summed E-state index contributed by atoms with van der Waals surface area (Å²) in [7, 11) is 0. The summed E-state index contributed by atoms with van der Waals surface area (Å²) >= 11 is 5.98. The van der Waals surface area contributed by atoms with Crippen LogP contribution in [0.2, 0.25) is 5.02 Å². The van der Waals surface area contributed by atoms with Crippen LogP contribution in [0, 0.1) is 17.2 Å². The summed E-state index contributed by atoms with van der Waals surface area (Å²) in [6, 6.07) is 13.7. The molecule has 0 saturated carbocycles. The van der Waals surface area contributed by atoms with Crippen LogP contribution in [0.4, 0.5) is 5.69 Å². The fourth-order valence-electron chi connectivity index (χ4n) is 2.75. The highest BCUT2D eigenvalue weighted by molar-refractivity contribution is 6.30. The number of esters is 1. The lowest BCUT2D eigenvalue weighted by Crippen LogP contribution is -2.36. The zero-order chi connectivity index (χ0) is 19.4. The molecule has 1 aliphatic heterocycles. The van der Waals surface area contributed by atoms with E-state index < -0.39 is 23.9 Å². The van der Waals surface area contributed by atoms with Gasteiger partial charge in [-0.2, -0.15) is 5.26 Å². The van der Waals surface area contributed by atoms with Gasteiger partial charge >= 0.3 is 5.97 Å². The van der Waals surface area contributed by atoms with Gasteiger partial charge in [-0.15, -0.1) is 0 Å². The van der Waals surface area contributed by atoms with Crippen molar-refractivity contribution in [2.24, 2.45) is 5.92 Å². The molecule has 27 heavy (non-hydrogen) atoms. The van der Waals surface area contributed by atoms with Gasteiger partial charge in [0.1, 0.15) is 12.4 Å². The molecule has 6 nitrogen and oxygen atoms in total. The Hall–Kier alpha value is -3.04. The van der Waals surface area contributed by atoms with Crippen molar-refractivity contribution in [3.8, 4) is 11.8 Å². The minimum Gasteiger partial charge on any atom is -0.492 e. The molecule has 3 rings (SSSR count). The molecule has 7 heteroatoms. The van der Waals surface area contributed by atoms with E-state index in [1.54, 1.807) is 42.5 Å². The van der Waals surface area contributed by atoms with Gasteiger partial charge in [-0.3, -0.25) is 9.59 Å². The lowest BCUT2D eigenvalue weighted by Gasteiger charge is -2.25. The molecule has 0 aliphatic carbocycles. The van der Waals surface area contributed by atoms with E-state index in [0.717, 1.165) is 5.56 Å². The Kier molecular flexibility index (Phi) is 5.63. The van der Waals surface area contributed by atoms with E-state index in [9.17, 15) is 9.59 Å². The molecule has 138 valence electrons. The summed E-state index contributed by atoms with van der Waals surface area (Å²) in [6.07, 6.45) is -0.545. The number of amides is 1. The molecule has 1 aliphatic rings. The molecule has 0 bridgehead atoms. The second-order valence-corrected chi connectivity index (χ2v) is 6.66. The predicted molar refractivity (Wildman–Crippen MR) is 99.5 cm³/mol. The molecule has 2 aromatic carbocycles. The Bertz CT molecular complexity index is 922. The first kappa shape index (κ1) is 18.7. The van der Waals surface area contributed by atoms with Crippen molar-refractivity contribution in [1.82, 2.24) is 0 Å². The molecule has 0 aromatic heterocycles. The van der Waals surface area contributed by atoms with Crippen molar-refractivity contribution in [3.05, 3.63) is 58.6 Å². The molecule has 0 saturated heterocycles. The minimum absolute atomic E-state index is 0.187. The fraction of sp³-hybridized carbons (Fsp3) is 0.250. The summed E-state index contributed by atoms with van der Waals surface area (Å²) in [5.74, 6) is -0.785. The van der Waals surface area contributed by atoms with Crippen molar-refractivity contribution >= 4 is 29.2 Å². The first-order valence-corrected chi connectivity index (χ1v) is 8.77. The fourth-order valence-corrected chi connectivity index (χ4v) is 2.94. The van der Waals surface area contributed by atoms with Crippen molar-refractivity contribution in [3.63, 3.8) is 0 Å². The van der Waals surface area contributed by atoms with E-state index in [-0.39, 0.29) is 6.61 Å². The molecule has 2 aromatic rings. The largest absolute Gasteiger partial charge is 0.492 e. The summed E-state index contributed by atoms with van der Waals surface area (Å²) < 4.78 is 10.9. The van der Waals surface area contributed by atoms with E-state index in [4.69, 9.17) is 26.3 Å². The van der Waals surface area contributed by atoms with Gasteiger partial charge in [-0.1, -0.05) is 17.7 Å². The average Bonchev–Trinajstić information content (AvgIpc) is 2.67. The van der Waals surface area contributed by atoms with Gasteiger partial charge in [0.15, 0.2) is 6.10 Å². The summed E-state index contributed by atoms with van der Waals surface area (Å²) in [4.78, 5) is 24.7. The van der Waals surface area contributed by atoms with Crippen LogP contribution in [0.3, 0.4) is 0 Å². The van der Waals surface area contributed by atoms with Gasteiger partial charge in [0.2, 0.25) is 0 Å². The summed E-state index contributed by atoms with van der Waals surface area (Å²) in [6.45, 7) is 1.68. The highest BCUT2D eigenvalue weighted by Crippen LogP contribution is 2.30. The normalized spacial score (nSPS) is 16.3. The molecular formula is C20H17ClN2O4. The smallest absolute Gasteiger partial charge is 0.313 e. The first-order chi connectivity index (χ1) is 13.0. The molecule has 0 unspecified atom stereocenters. The molecule has 0 fully saturated rings. The quantitative estimate of drug-likeness (QED) is 0.817. The standard InChI is InChI=1S/C20H17ClN2O4/c1-12(19(24)23-17-4-2-3-13(7-17)10-22)27-20(25)15-8-14-9-16(21)5-6-18(14)26-11-15/h2-7,9,12,15H,8,11H2,1H3,(H,23,24)/t12-,15+/m0/s1. The average molecular weight is 385 g/mol. The number of halogens is 1. The molecule has 0 spiro atoms. The number of ether oxygens (including phenoxy) is 2. The van der Waals surface area contributed by atoms with E-state index in [1.807, 2.05) is 6.07 Å². The Labute approximate surface area is 161 Å². The van der Waals surface area contributed by atoms with E-state index in [0.29, 0.717) is 28.4 Å². The zero-order valence-corrected chi connectivity index (χ0v) is 15.3. The van der Waals surface area contributed by atoms with Crippen LogP contribution in [-0.4, -0.2) is 24.6 Å². The number of hydrogen-bond donors (Lipinski definition) is 1. The number of anilines is 1. The number of benzene rings is 2. The molecule has 2 atom stereocenters. The van der Waals surface area contributed by atoms with Gasteiger partial charge < -0.3 is 14.8 Å². The van der Waals surface area contributed by atoms with Crippen LogP contribution in [0.5, 0.6) is 5.75 Å². The molecule has 0 radical (unpaired) electrons. The van der Waals surface area contributed by atoms with Gasteiger partial charge in [-0.25, -0.2) is 0 Å². The predicted octanol–water partition coefficient (Wildman–Crippen LogP) is 3.33. The zero-order valence-electron chi connectivity index (χ0n) is 14.6. The number of fused-ring (bicyclic) bond motifs is 1. The van der Waals surface area contributed by atoms with Crippen LogP contribution in [0.25, 0.3) is 0 Å². The highest BCUT2D eigenvalue weighted by Gasteiger charge is 2.30. The SMILES string of the molecule is C[C@H](OC(=O)[C@H]1COc2ccc(Cl)cc2C1)C(=O)Nc1cccc(C#N)c1. The highest BCUT2D eigenvalue weighted by atomic mass is 35.5. The molecular weight excluding hydrogens is 368 g/mol. The topological polar surface area (TPSA) is 88.4 Å². The third-order valence-electron chi connectivity index (χ3n) is 4.18. The number of hydrogen-bond acceptors (Lipinski definition) is 5. The number of nitriles is 1. The van der Waals surface area contributed by atoms with Crippen LogP contribution >= 0.6 is 11.6 Å². The van der Waals surface area contributed by atoms with Crippen LogP contribution in [0.15, 0.2) is 42.5 Å². The van der Waals surface area contributed by atoms with Crippen LogP contribution < -0.4 is 10.1 Å². The Morgan fingerprint density at radius 2 is 2.15 bits per heavy atom. The van der Waals surface area contributed by atoms with Gasteiger partial charge in [0, 0.05) is 10.7 Å². The molecule has 1 heterocycles. The number of nitrogens with zero attached hydrogens (tertiary/aromatic N) is 1. The summed E-state index contributed by atoms with van der Waals surface area (Å²) in [5, 5.41) is 12.1. The van der Waals surface area contributed by atoms with Crippen molar-refractivity contribution in [1.29, 1.82) is 5.26 Å². The van der Waals surface area contributed by atoms with Crippen LogP contribution in [-0.2, 0) is 20.7 Å². The lowest BCUT2D eigenvalue weighted by molar-refractivity contribution is -0.158. The number of carbonyl (C=O) groups is 2. The Balaban J connectivity index is 1.58. The third-order valence-corrected chi connectivity index (χ3v) is 4.42. The maximum atomic E-state index is 12.4. The van der Waals surface area contributed by atoms with E-state index in [2.05, 4.69) is 5.32 Å². The van der Waals surface area contributed by atoms with Crippen molar-refractivity contribution < 1.29 is 19.1 Å². The van der Waals surface area contributed by atoms with E-state index in [1.165, 1.54) is 6.92 Å². The summed E-state index contributed by atoms with van der Waals surface area (Å²) in [5.41, 5.74) is 1.72. The monoisotopic (exact) mass is 384 g/mol. The van der Waals surface area contributed by atoms with E-state index >= 15 is 0 Å². The Morgan fingerprint density at radius 3 is 2.93 bits per heavy atom. The molecule has 1 N–H and O–H groups in total. The maximum Gasteiger partial charge on any atom is 0.313 e. The number of nitrogens with one attached hydrogen (secondary N) is 1. The second kappa shape index (κ2) is 8.11. The lowest BCUT2D eigenvalue weighted by atomic mass is 9.97. The van der Waals surface area contributed by atoms with Gasteiger partial charge in [0.05, 0.1) is 17.6 Å². The third kappa shape index (κ3) is 4.57. The minimum atomic E-state index is -0.982. The number of rotatable bonds is 4. The van der Waals surface area contributed by atoms with Crippen LogP contribution in [0.1, 0.15) is 18.1 Å². The Morgan fingerprint density at radius 1 is 1.33 bits per heavy atom. The first-order valence-electron chi connectivity index (χ1n) is 8.39. The molecule has 1 amide bonds. The van der Waals surface area contributed by atoms with Crippen molar-refractivity contribution in [2.75, 3.05) is 11.9 Å². The van der Waals surface area contributed by atoms with Gasteiger partial charge in [0.25, 0.3) is 5.91 Å². The maximum absolute atomic E-state index is 12.4. The van der Waals surface area contributed by atoms with Gasteiger partial charge in [-0.05, 0) is 55.3 Å². The van der Waals surface area contributed by atoms with Crippen molar-refractivity contribution in [2.45, 2.75) is 19.4 Å². The number of carbonyl (C=O) groups excluding carboxylic acids is 2.